The Morgan fingerprint density at radius 1 is 1.42 bits per heavy atom. The second kappa shape index (κ2) is 7.48. The molecule has 0 amide bonds. The Kier molecular flexibility index (Phi) is 5.95. The molecule has 0 radical (unpaired) electrons. The minimum absolute atomic E-state index is 0.130. The van der Waals surface area contributed by atoms with Gasteiger partial charge < -0.3 is 10.4 Å². The van der Waals surface area contributed by atoms with Crippen LogP contribution < -0.4 is 5.32 Å². The average molecular weight is 266 g/mol. The van der Waals surface area contributed by atoms with Gasteiger partial charge in [-0.2, -0.15) is 0 Å². The van der Waals surface area contributed by atoms with E-state index in [2.05, 4.69) is 5.32 Å². The standard InChI is InChI=1S/C13H18N2O4/c1-10-11(5-4-6-12(10)15(18)19)9-14-8-3-2-7-13(16)17/h4-6,14H,2-3,7-9H2,1H3,(H,16,17). The number of nitrogens with one attached hydrogen (secondary N) is 1. The summed E-state index contributed by atoms with van der Waals surface area (Å²) in [6.07, 6.45) is 1.59. The van der Waals surface area contributed by atoms with Gasteiger partial charge in [-0.1, -0.05) is 12.1 Å². The normalized spacial score (nSPS) is 10.4. The van der Waals surface area contributed by atoms with Gasteiger partial charge in [0.05, 0.1) is 4.92 Å². The Morgan fingerprint density at radius 3 is 2.79 bits per heavy atom. The SMILES string of the molecule is Cc1c(CNCCCCC(=O)O)cccc1[N+](=O)[O-]. The average Bonchev–Trinajstić information content (AvgIpc) is 2.34. The number of aliphatic carboxylic acids is 1. The summed E-state index contributed by atoms with van der Waals surface area (Å²) in [4.78, 5) is 20.7. The van der Waals surface area contributed by atoms with Crippen LogP contribution in [0.4, 0.5) is 5.69 Å². The van der Waals surface area contributed by atoms with Crippen LogP contribution in [0, 0.1) is 17.0 Å². The van der Waals surface area contributed by atoms with E-state index >= 15 is 0 Å². The highest BCUT2D eigenvalue weighted by molar-refractivity contribution is 5.66. The molecule has 6 heteroatoms. The third-order valence-electron chi connectivity index (χ3n) is 2.92. The van der Waals surface area contributed by atoms with Crippen molar-refractivity contribution in [1.82, 2.24) is 5.32 Å². The van der Waals surface area contributed by atoms with Crippen LogP contribution in [-0.4, -0.2) is 22.5 Å². The Bertz CT molecular complexity index is 460. The molecule has 19 heavy (non-hydrogen) atoms. The zero-order valence-electron chi connectivity index (χ0n) is 10.9. The molecule has 6 nitrogen and oxygen atoms in total. The van der Waals surface area contributed by atoms with Gasteiger partial charge in [-0.05, 0) is 31.9 Å². The van der Waals surface area contributed by atoms with E-state index in [-0.39, 0.29) is 17.0 Å². The monoisotopic (exact) mass is 266 g/mol. The van der Waals surface area contributed by atoms with Crippen LogP contribution in [0.3, 0.4) is 0 Å². The van der Waals surface area contributed by atoms with Crippen molar-refractivity contribution in [3.05, 3.63) is 39.4 Å². The van der Waals surface area contributed by atoms with E-state index in [1.807, 2.05) is 6.07 Å². The number of hydrogen-bond donors (Lipinski definition) is 2. The maximum atomic E-state index is 10.8. The summed E-state index contributed by atoms with van der Waals surface area (Å²) in [6.45, 7) is 3.00. The molecule has 1 aromatic carbocycles. The van der Waals surface area contributed by atoms with Crippen molar-refractivity contribution in [2.75, 3.05) is 6.54 Å². The predicted octanol–water partition coefficient (Wildman–Crippen LogP) is 2.25. The first kappa shape index (κ1) is 15.1. The van der Waals surface area contributed by atoms with Crippen molar-refractivity contribution in [3.63, 3.8) is 0 Å². The summed E-state index contributed by atoms with van der Waals surface area (Å²) in [5, 5.41) is 22.4. The lowest BCUT2D eigenvalue weighted by molar-refractivity contribution is -0.385. The molecule has 0 aliphatic rings. The lowest BCUT2D eigenvalue weighted by atomic mass is 10.1. The number of benzene rings is 1. The fraction of sp³-hybridized carbons (Fsp3) is 0.462. The maximum absolute atomic E-state index is 10.8. The predicted molar refractivity (Wildman–Crippen MR) is 71.0 cm³/mol. The summed E-state index contributed by atoms with van der Waals surface area (Å²) in [5.74, 6) is -0.783. The van der Waals surface area contributed by atoms with Crippen LogP contribution in [0.15, 0.2) is 18.2 Å². The summed E-state index contributed by atoms with van der Waals surface area (Å²) in [7, 11) is 0. The van der Waals surface area contributed by atoms with Gasteiger partial charge in [0.2, 0.25) is 0 Å². The van der Waals surface area contributed by atoms with E-state index in [0.29, 0.717) is 25.1 Å². The lowest BCUT2D eigenvalue weighted by Gasteiger charge is -2.07. The molecule has 0 unspecified atom stereocenters. The van der Waals surface area contributed by atoms with Crippen molar-refractivity contribution < 1.29 is 14.8 Å². The van der Waals surface area contributed by atoms with Crippen LogP contribution in [0.1, 0.15) is 30.4 Å². The number of carboxylic acid groups (broad SMARTS) is 1. The van der Waals surface area contributed by atoms with Crippen molar-refractivity contribution in [2.45, 2.75) is 32.7 Å². The first-order chi connectivity index (χ1) is 9.02. The zero-order valence-corrected chi connectivity index (χ0v) is 10.9. The van der Waals surface area contributed by atoms with Gasteiger partial charge in [-0.25, -0.2) is 0 Å². The molecule has 1 rings (SSSR count). The first-order valence-corrected chi connectivity index (χ1v) is 6.17. The largest absolute Gasteiger partial charge is 0.481 e. The van der Waals surface area contributed by atoms with Crippen LogP contribution >= 0.6 is 0 Å². The van der Waals surface area contributed by atoms with Gasteiger partial charge in [0, 0.05) is 24.6 Å². The smallest absolute Gasteiger partial charge is 0.303 e. The molecular weight excluding hydrogens is 248 g/mol. The topological polar surface area (TPSA) is 92.5 Å². The summed E-state index contributed by atoms with van der Waals surface area (Å²) in [6, 6.07) is 5.02. The molecule has 0 heterocycles. The summed E-state index contributed by atoms with van der Waals surface area (Å²) < 4.78 is 0. The number of carbonyl (C=O) groups is 1. The van der Waals surface area contributed by atoms with Gasteiger partial charge in [0.25, 0.3) is 5.69 Å². The molecule has 1 aromatic rings. The van der Waals surface area contributed by atoms with Gasteiger partial charge in [-0.15, -0.1) is 0 Å². The minimum Gasteiger partial charge on any atom is -0.481 e. The Labute approximate surface area is 111 Å². The van der Waals surface area contributed by atoms with Crippen molar-refractivity contribution in [2.24, 2.45) is 0 Å². The van der Waals surface area contributed by atoms with Crippen molar-refractivity contribution in [1.29, 1.82) is 0 Å². The highest BCUT2D eigenvalue weighted by Gasteiger charge is 2.12. The van der Waals surface area contributed by atoms with Crippen LogP contribution in [0.2, 0.25) is 0 Å². The Balaban J connectivity index is 2.39. The maximum Gasteiger partial charge on any atom is 0.303 e. The quantitative estimate of drug-likeness (QED) is 0.427. The number of nitrogens with zero attached hydrogens (tertiary/aromatic N) is 1. The number of carboxylic acids is 1. The van der Waals surface area contributed by atoms with Gasteiger partial charge in [-0.3, -0.25) is 14.9 Å². The lowest BCUT2D eigenvalue weighted by Crippen LogP contribution is -2.16. The second-order valence-electron chi connectivity index (χ2n) is 4.35. The third-order valence-corrected chi connectivity index (χ3v) is 2.92. The molecule has 0 saturated heterocycles. The van der Waals surface area contributed by atoms with Crippen LogP contribution in [0.5, 0.6) is 0 Å². The fourth-order valence-electron chi connectivity index (χ4n) is 1.81. The van der Waals surface area contributed by atoms with E-state index in [1.54, 1.807) is 13.0 Å². The Hall–Kier alpha value is -1.95. The molecule has 0 spiro atoms. The highest BCUT2D eigenvalue weighted by Crippen LogP contribution is 2.20. The molecule has 0 atom stereocenters. The number of hydrogen-bond acceptors (Lipinski definition) is 4. The Morgan fingerprint density at radius 2 is 2.16 bits per heavy atom. The molecule has 0 aliphatic heterocycles. The van der Waals surface area contributed by atoms with Crippen LogP contribution in [0.25, 0.3) is 0 Å². The first-order valence-electron chi connectivity index (χ1n) is 6.17. The summed E-state index contributed by atoms with van der Waals surface area (Å²) in [5.41, 5.74) is 1.70. The van der Waals surface area contributed by atoms with E-state index in [1.165, 1.54) is 6.07 Å². The number of rotatable bonds is 8. The van der Waals surface area contributed by atoms with Gasteiger partial charge in [0.1, 0.15) is 0 Å². The molecule has 0 saturated carbocycles. The van der Waals surface area contributed by atoms with Crippen LogP contribution in [-0.2, 0) is 11.3 Å². The van der Waals surface area contributed by atoms with Crippen molar-refractivity contribution >= 4 is 11.7 Å². The van der Waals surface area contributed by atoms with Gasteiger partial charge in [0.15, 0.2) is 0 Å². The molecule has 0 bridgehead atoms. The number of nitro groups is 1. The minimum atomic E-state index is -0.783. The van der Waals surface area contributed by atoms with E-state index < -0.39 is 5.97 Å². The summed E-state index contributed by atoms with van der Waals surface area (Å²) >= 11 is 0. The van der Waals surface area contributed by atoms with Crippen molar-refractivity contribution in [3.8, 4) is 0 Å². The second-order valence-corrected chi connectivity index (χ2v) is 4.35. The molecule has 2 N–H and O–H groups in total. The zero-order chi connectivity index (χ0) is 14.3. The van der Waals surface area contributed by atoms with E-state index in [9.17, 15) is 14.9 Å². The third kappa shape index (κ3) is 5.05. The molecule has 104 valence electrons. The van der Waals surface area contributed by atoms with E-state index in [4.69, 9.17) is 5.11 Å². The number of nitro benzene ring substituents is 1. The van der Waals surface area contributed by atoms with E-state index in [0.717, 1.165) is 12.0 Å². The molecule has 0 aromatic heterocycles. The van der Waals surface area contributed by atoms with Gasteiger partial charge >= 0.3 is 5.97 Å². The fourth-order valence-corrected chi connectivity index (χ4v) is 1.81. The highest BCUT2D eigenvalue weighted by atomic mass is 16.6. The molecule has 0 fully saturated rings. The number of unbranched alkanes of at least 4 members (excludes halogenated alkanes) is 1. The molecular formula is C13H18N2O4. The molecule has 0 aliphatic carbocycles.